The van der Waals surface area contributed by atoms with Crippen LogP contribution in [-0.2, 0) is 27.4 Å². The second kappa shape index (κ2) is 10.4. The molecule has 0 saturated carbocycles. The monoisotopic (exact) mass is 589 g/mol. The van der Waals surface area contributed by atoms with E-state index in [4.69, 9.17) is 9.72 Å². The molecule has 8 rings (SSSR count). The van der Waals surface area contributed by atoms with E-state index in [0.717, 1.165) is 64.9 Å². The summed E-state index contributed by atoms with van der Waals surface area (Å²) in [5.41, 5.74) is 9.87. The number of nitrogens with one attached hydrogen (secondary N) is 1. The zero-order valence-corrected chi connectivity index (χ0v) is 25.1. The van der Waals surface area contributed by atoms with Gasteiger partial charge in [-0.15, -0.1) is 0 Å². The van der Waals surface area contributed by atoms with E-state index in [-0.39, 0.29) is 0 Å². The minimum absolute atomic E-state index is 0.345. The Morgan fingerprint density at radius 2 is 1.49 bits per heavy atom. The molecule has 43 heavy (non-hydrogen) atoms. The molecule has 3 atom stereocenters. The number of sulfone groups is 1. The van der Waals surface area contributed by atoms with Gasteiger partial charge in [0.05, 0.1) is 18.1 Å². The largest absolute Gasteiger partial charge is 0.378 e. The van der Waals surface area contributed by atoms with Gasteiger partial charge in [-0.25, -0.2) is 13.4 Å². The van der Waals surface area contributed by atoms with Crippen LogP contribution < -0.4 is 0 Å². The Morgan fingerprint density at radius 3 is 2.23 bits per heavy atom. The third-order valence-corrected chi connectivity index (χ3v) is 10.9. The number of morpholine rings is 1. The number of hydrogen-bond acceptors (Lipinski definition) is 5. The molecule has 3 aromatic carbocycles. The van der Waals surface area contributed by atoms with Crippen LogP contribution in [-0.4, -0.2) is 60.9 Å². The molecule has 218 valence electrons. The summed E-state index contributed by atoms with van der Waals surface area (Å²) >= 11 is 0. The van der Waals surface area contributed by atoms with Gasteiger partial charge in [-0.3, -0.25) is 4.90 Å². The zero-order chi connectivity index (χ0) is 29.1. The summed E-state index contributed by atoms with van der Waals surface area (Å²) in [6, 6.07) is 26.4. The molecule has 7 heteroatoms. The SMILES string of the molecule is CS(=O)(=O)c1ccccc1-c1ccc(-c2c[nH]c3ncc(-c4ccc5c(c4)CC[C@@H](N4C6COCC4C6)CC5)cc23)cc1. The molecule has 3 aliphatic rings. The van der Waals surface area contributed by atoms with Crippen LogP contribution in [0.2, 0.25) is 0 Å². The van der Waals surface area contributed by atoms with Gasteiger partial charge < -0.3 is 9.72 Å². The lowest BCUT2D eigenvalue weighted by atomic mass is 9.87. The third-order valence-electron chi connectivity index (χ3n) is 9.79. The number of rotatable bonds is 5. The summed E-state index contributed by atoms with van der Waals surface area (Å²) in [5, 5.41) is 1.07. The summed E-state index contributed by atoms with van der Waals surface area (Å²) < 4.78 is 30.4. The Kier molecular flexibility index (Phi) is 6.51. The van der Waals surface area contributed by atoms with Crippen molar-refractivity contribution in [1.82, 2.24) is 14.9 Å². The van der Waals surface area contributed by atoms with Gasteiger partial charge in [0.15, 0.2) is 9.84 Å². The predicted molar refractivity (Wildman–Crippen MR) is 171 cm³/mol. The molecule has 5 aromatic rings. The quantitative estimate of drug-likeness (QED) is 0.231. The van der Waals surface area contributed by atoms with Gasteiger partial charge in [-0.05, 0) is 72.1 Å². The number of pyridine rings is 1. The molecular formula is C36H35N3O3S. The van der Waals surface area contributed by atoms with Crippen molar-refractivity contribution in [2.75, 3.05) is 19.5 Å². The molecular weight excluding hydrogens is 554 g/mol. The Morgan fingerprint density at radius 1 is 0.791 bits per heavy atom. The molecule has 1 aliphatic carbocycles. The summed E-state index contributed by atoms with van der Waals surface area (Å²) in [6.07, 6.45) is 11.2. The van der Waals surface area contributed by atoms with Gasteiger partial charge in [-0.2, -0.15) is 0 Å². The number of nitrogens with zero attached hydrogens (tertiary/aromatic N) is 2. The van der Waals surface area contributed by atoms with Crippen molar-refractivity contribution in [3.8, 4) is 33.4 Å². The molecule has 0 amide bonds. The van der Waals surface area contributed by atoms with E-state index in [1.807, 2.05) is 36.7 Å². The first-order valence-corrected chi connectivity index (χ1v) is 17.2. The predicted octanol–water partition coefficient (Wildman–Crippen LogP) is 6.69. The van der Waals surface area contributed by atoms with Gasteiger partial charge in [0.25, 0.3) is 0 Å². The number of hydrogen-bond donors (Lipinski definition) is 1. The number of aromatic nitrogens is 2. The van der Waals surface area contributed by atoms with E-state index in [0.29, 0.717) is 23.0 Å². The van der Waals surface area contributed by atoms with Crippen molar-refractivity contribution in [2.24, 2.45) is 0 Å². The fraction of sp³-hybridized carbons (Fsp3) is 0.306. The van der Waals surface area contributed by atoms with Crippen LogP contribution in [0.1, 0.15) is 30.4 Å². The van der Waals surface area contributed by atoms with Gasteiger partial charge >= 0.3 is 0 Å². The maximum atomic E-state index is 12.3. The summed E-state index contributed by atoms with van der Waals surface area (Å²) in [6.45, 7) is 1.81. The smallest absolute Gasteiger partial charge is 0.176 e. The average molecular weight is 590 g/mol. The molecule has 2 unspecified atom stereocenters. The lowest BCUT2D eigenvalue weighted by Crippen LogP contribution is -2.66. The summed E-state index contributed by atoms with van der Waals surface area (Å²) in [7, 11) is -3.33. The Balaban J connectivity index is 1.07. The first kappa shape index (κ1) is 26.8. The maximum Gasteiger partial charge on any atom is 0.176 e. The first-order valence-electron chi connectivity index (χ1n) is 15.3. The Hall–Kier alpha value is -3.78. The molecule has 2 aromatic heterocycles. The molecule has 2 fully saturated rings. The third kappa shape index (κ3) is 4.80. The molecule has 2 aliphatic heterocycles. The molecule has 2 saturated heterocycles. The van der Waals surface area contributed by atoms with Crippen LogP contribution in [0, 0.1) is 0 Å². The van der Waals surface area contributed by atoms with Gasteiger partial charge in [0, 0.05) is 58.9 Å². The van der Waals surface area contributed by atoms with E-state index in [2.05, 4.69) is 46.3 Å². The van der Waals surface area contributed by atoms with E-state index in [1.54, 1.807) is 12.1 Å². The van der Waals surface area contributed by atoms with Crippen LogP contribution >= 0.6 is 0 Å². The second-order valence-corrected chi connectivity index (χ2v) is 14.4. The van der Waals surface area contributed by atoms with Crippen LogP contribution in [0.5, 0.6) is 0 Å². The van der Waals surface area contributed by atoms with Crippen LogP contribution in [0.4, 0.5) is 0 Å². The van der Waals surface area contributed by atoms with Crippen LogP contribution in [0.15, 0.2) is 90.1 Å². The number of aromatic amines is 1. The Labute approximate surface area is 252 Å². The lowest BCUT2D eigenvalue weighted by molar-refractivity contribution is -0.148. The summed E-state index contributed by atoms with van der Waals surface area (Å²) in [4.78, 5) is 11.2. The highest BCUT2D eigenvalue weighted by Crippen LogP contribution is 2.38. The van der Waals surface area contributed by atoms with Crippen molar-refractivity contribution in [1.29, 1.82) is 0 Å². The number of H-pyrrole nitrogens is 1. The average Bonchev–Trinajstić information content (AvgIpc) is 3.35. The first-order chi connectivity index (χ1) is 20.9. The molecule has 4 heterocycles. The number of fused-ring (bicyclic) bond motifs is 4. The van der Waals surface area contributed by atoms with Crippen molar-refractivity contribution in [3.05, 3.63) is 96.3 Å². The standard InChI is InChI=1S/C36H35N3O3S/c1-43(40,41)35-5-3-2-4-32(35)24-7-9-25(10-8-24)34-20-38-36-33(34)17-28(19-37-36)27-11-6-23-12-14-29(15-13-26(23)16-27)39-30-18-31(39)22-42-21-30/h2-11,16-17,19-20,29-31H,12-15,18,21-22H2,1H3,(H,37,38)/t29-,30?,31?/m0/s1. The minimum Gasteiger partial charge on any atom is -0.378 e. The lowest BCUT2D eigenvalue weighted by Gasteiger charge is -2.56. The molecule has 2 bridgehead atoms. The number of aryl methyl sites for hydroxylation is 2. The zero-order valence-electron chi connectivity index (χ0n) is 24.3. The van der Waals surface area contributed by atoms with E-state index in [1.165, 1.54) is 42.2 Å². The molecule has 6 nitrogen and oxygen atoms in total. The van der Waals surface area contributed by atoms with Crippen molar-refractivity contribution >= 4 is 20.9 Å². The summed E-state index contributed by atoms with van der Waals surface area (Å²) in [5.74, 6) is 0. The minimum atomic E-state index is -3.33. The van der Waals surface area contributed by atoms with Crippen LogP contribution in [0.3, 0.4) is 0 Å². The van der Waals surface area contributed by atoms with Crippen molar-refractivity contribution < 1.29 is 13.2 Å². The van der Waals surface area contributed by atoms with Gasteiger partial charge in [0.2, 0.25) is 0 Å². The van der Waals surface area contributed by atoms with Gasteiger partial charge in [-0.1, -0.05) is 60.7 Å². The van der Waals surface area contributed by atoms with E-state index < -0.39 is 9.84 Å². The topological polar surface area (TPSA) is 75.3 Å². The fourth-order valence-electron chi connectivity index (χ4n) is 7.59. The fourth-order valence-corrected chi connectivity index (χ4v) is 8.50. The number of benzene rings is 3. The normalized spacial score (nSPS) is 22.1. The molecule has 0 radical (unpaired) electrons. The second-order valence-electron chi connectivity index (χ2n) is 12.4. The highest BCUT2D eigenvalue weighted by Gasteiger charge is 2.45. The van der Waals surface area contributed by atoms with Crippen molar-refractivity contribution in [2.45, 2.75) is 55.1 Å². The number of ether oxygens (including phenoxy) is 1. The highest BCUT2D eigenvalue weighted by molar-refractivity contribution is 7.90. The Bertz CT molecular complexity index is 1930. The molecule has 0 spiro atoms. The van der Waals surface area contributed by atoms with Crippen LogP contribution in [0.25, 0.3) is 44.4 Å². The maximum absolute atomic E-state index is 12.3. The highest BCUT2D eigenvalue weighted by atomic mass is 32.2. The van der Waals surface area contributed by atoms with E-state index >= 15 is 0 Å². The van der Waals surface area contributed by atoms with Gasteiger partial charge in [0.1, 0.15) is 5.65 Å². The van der Waals surface area contributed by atoms with E-state index in [9.17, 15) is 8.42 Å². The molecule has 1 N–H and O–H groups in total. The van der Waals surface area contributed by atoms with Crippen molar-refractivity contribution in [3.63, 3.8) is 0 Å².